The summed E-state index contributed by atoms with van der Waals surface area (Å²) in [4.78, 5) is 10.1. The lowest BCUT2D eigenvalue weighted by atomic mass is 10.1. The quantitative estimate of drug-likeness (QED) is 0.300. The van der Waals surface area contributed by atoms with Crippen LogP contribution >= 0.6 is 35.3 Å². The number of nitrogens with one attached hydrogen (secondary N) is 2. The predicted octanol–water partition coefficient (Wildman–Crippen LogP) is 3.39. The highest BCUT2D eigenvalue weighted by Crippen LogP contribution is 2.34. The van der Waals surface area contributed by atoms with Crippen molar-refractivity contribution in [3.05, 3.63) is 33.8 Å². The zero-order valence-electron chi connectivity index (χ0n) is 17.0. The molecule has 2 aromatic rings. The van der Waals surface area contributed by atoms with E-state index in [2.05, 4.69) is 20.6 Å². The number of aliphatic imine (C=N–C) groups is 1. The van der Waals surface area contributed by atoms with E-state index >= 15 is 0 Å². The summed E-state index contributed by atoms with van der Waals surface area (Å²) >= 11 is 1.66. The molecule has 2 rings (SSSR count). The smallest absolute Gasteiger partial charge is 0.191 e. The molecule has 1 aromatic carbocycles. The molecule has 0 fully saturated rings. The van der Waals surface area contributed by atoms with Crippen LogP contribution in [-0.4, -0.2) is 45.4 Å². The van der Waals surface area contributed by atoms with Gasteiger partial charge in [-0.3, -0.25) is 0 Å². The number of guanidine groups is 1. The fourth-order valence-corrected chi connectivity index (χ4v) is 3.30. The number of aryl methyl sites for hydroxylation is 1. The number of halogens is 1. The summed E-state index contributed by atoms with van der Waals surface area (Å²) in [5.41, 5.74) is 0.986. The summed E-state index contributed by atoms with van der Waals surface area (Å²) in [6, 6.07) is 3.73. The molecule has 0 saturated heterocycles. The van der Waals surface area contributed by atoms with Gasteiger partial charge in [-0.2, -0.15) is 0 Å². The summed E-state index contributed by atoms with van der Waals surface area (Å²) in [5, 5.41) is 7.61. The van der Waals surface area contributed by atoms with Crippen LogP contribution in [0.4, 0.5) is 0 Å². The van der Waals surface area contributed by atoms with Gasteiger partial charge in [0.2, 0.25) is 0 Å². The summed E-state index contributed by atoms with van der Waals surface area (Å²) < 4.78 is 16.3. The third-order valence-corrected chi connectivity index (χ3v) is 4.77. The first-order valence-corrected chi connectivity index (χ1v) is 9.65. The Bertz CT molecular complexity index is 742. The Morgan fingerprint density at radius 2 is 1.79 bits per heavy atom. The normalized spacial score (nSPS) is 10.8. The van der Waals surface area contributed by atoms with Crippen LogP contribution < -0.4 is 24.8 Å². The molecule has 7 nitrogen and oxygen atoms in total. The number of ether oxygens (including phenoxy) is 3. The molecule has 0 bridgehead atoms. The first-order valence-electron chi connectivity index (χ1n) is 8.83. The lowest BCUT2D eigenvalue weighted by molar-refractivity contribution is 0.368. The van der Waals surface area contributed by atoms with Crippen molar-refractivity contribution in [2.45, 2.75) is 26.8 Å². The molecule has 0 aliphatic heterocycles. The molecule has 9 heteroatoms. The molecule has 0 radical (unpaired) electrons. The number of rotatable bonds is 9. The summed E-state index contributed by atoms with van der Waals surface area (Å²) in [6.45, 7) is 6.12. The van der Waals surface area contributed by atoms with Gasteiger partial charge in [0.25, 0.3) is 0 Å². The second-order valence-electron chi connectivity index (χ2n) is 5.75. The van der Waals surface area contributed by atoms with Gasteiger partial charge in [0, 0.05) is 41.9 Å². The van der Waals surface area contributed by atoms with E-state index in [-0.39, 0.29) is 24.0 Å². The minimum atomic E-state index is 0. The molecule has 0 aliphatic rings. The number of benzene rings is 1. The minimum Gasteiger partial charge on any atom is -0.496 e. The molecule has 28 heavy (non-hydrogen) atoms. The van der Waals surface area contributed by atoms with Crippen LogP contribution in [0.15, 0.2) is 23.3 Å². The number of methoxy groups -OCH3 is 3. The van der Waals surface area contributed by atoms with E-state index in [1.807, 2.05) is 32.2 Å². The third kappa shape index (κ3) is 7.01. The Morgan fingerprint density at radius 1 is 1.11 bits per heavy atom. The molecular weight excluding hydrogens is 491 g/mol. The van der Waals surface area contributed by atoms with E-state index in [1.54, 1.807) is 32.7 Å². The fourth-order valence-electron chi connectivity index (χ4n) is 2.59. The van der Waals surface area contributed by atoms with E-state index in [9.17, 15) is 0 Å². The van der Waals surface area contributed by atoms with Crippen molar-refractivity contribution in [1.82, 2.24) is 15.6 Å². The van der Waals surface area contributed by atoms with Crippen molar-refractivity contribution >= 4 is 41.3 Å². The lowest BCUT2D eigenvalue weighted by Gasteiger charge is -2.16. The Hall–Kier alpha value is -1.75. The number of aromatic nitrogens is 1. The van der Waals surface area contributed by atoms with E-state index in [0.717, 1.165) is 41.0 Å². The van der Waals surface area contributed by atoms with Gasteiger partial charge in [-0.25, -0.2) is 9.98 Å². The minimum absolute atomic E-state index is 0. The van der Waals surface area contributed by atoms with Crippen LogP contribution in [0, 0.1) is 6.92 Å². The average molecular weight is 520 g/mol. The maximum atomic E-state index is 5.50. The molecule has 0 atom stereocenters. The lowest BCUT2D eigenvalue weighted by Crippen LogP contribution is -2.38. The van der Waals surface area contributed by atoms with Crippen LogP contribution in [0.3, 0.4) is 0 Å². The molecule has 0 saturated carbocycles. The van der Waals surface area contributed by atoms with Crippen molar-refractivity contribution in [2.24, 2.45) is 4.99 Å². The standard InChI is InChI=1S/C19H28N4O3S.HI/c1-6-20-19(23-12-18-22-11-13(2)27-18)21-8-7-15-16(25-4)9-14(24-3)10-17(15)26-5;/h9-11H,6-8,12H2,1-5H3,(H2,20,21,23);1H. The van der Waals surface area contributed by atoms with Crippen LogP contribution in [0.2, 0.25) is 0 Å². The monoisotopic (exact) mass is 520 g/mol. The van der Waals surface area contributed by atoms with Gasteiger partial charge in [-0.1, -0.05) is 0 Å². The van der Waals surface area contributed by atoms with Crippen molar-refractivity contribution in [3.63, 3.8) is 0 Å². The number of thiazole rings is 1. The fraction of sp³-hybridized carbons (Fsp3) is 0.474. The topological polar surface area (TPSA) is 77.0 Å². The van der Waals surface area contributed by atoms with Crippen molar-refractivity contribution in [3.8, 4) is 17.2 Å². The highest BCUT2D eigenvalue weighted by atomic mass is 127. The number of nitrogens with zero attached hydrogens (tertiary/aromatic N) is 2. The van der Waals surface area contributed by atoms with Crippen LogP contribution in [-0.2, 0) is 13.0 Å². The molecule has 1 heterocycles. The molecule has 156 valence electrons. The summed E-state index contributed by atoms with van der Waals surface area (Å²) in [7, 11) is 4.91. The molecular formula is C19H29IN4O3S. The highest BCUT2D eigenvalue weighted by Gasteiger charge is 2.13. The van der Waals surface area contributed by atoms with E-state index in [4.69, 9.17) is 14.2 Å². The number of hydrogen-bond donors (Lipinski definition) is 2. The second kappa shape index (κ2) is 12.7. The summed E-state index contributed by atoms with van der Waals surface area (Å²) in [5.74, 6) is 2.95. The van der Waals surface area contributed by atoms with Gasteiger partial charge < -0.3 is 24.8 Å². The van der Waals surface area contributed by atoms with Crippen LogP contribution in [0.1, 0.15) is 22.4 Å². The first kappa shape index (κ1) is 24.3. The highest BCUT2D eigenvalue weighted by molar-refractivity contribution is 14.0. The third-order valence-electron chi connectivity index (χ3n) is 3.87. The Kier molecular flexibility index (Phi) is 11.0. The van der Waals surface area contributed by atoms with Crippen molar-refractivity contribution in [2.75, 3.05) is 34.4 Å². The second-order valence-corrected chi connectivity index (χ2v) is 7.07. The maximum absolute atomic E-state index is 5.50. The van der Waals surface area contributed by atoms with Crippen molar-refractivity contribution in [1.29, 1.82) is 0 Å². The molecule has 0 spiro atoms. The van der Waals surface area contributed by atoms with Crippen molar-refractivity contribution < 1.29 is 14.2 Å². The van der Waals surface area contributed by atoms with E-state index in [1.165, 1.54) is 4.88 Å². The molecule has 1 aromatic heterocycles. The van der Waals surface area contributed by atoms with Crippen LogP contribution in [0.5, 0.6) is 17.2 Å². The molecule has 0 aliphatic carbocycles. The molecule has 2 N–H and O–H groups in total. The van der Waals surface area contributed by atoms with Gasteiger partial charge >= 0.3 is 0 Å². The van der Waals surface area contributed by atoms with Gasteiger partial charge in [-0.15, -0.1) is 35.3 Å². The van der Waals surface area contributed by atoms with E-state index in [0.29, 0.717) is 18.8 Å². The van der Waals surface area contributed by atoms with Crippen LogP contribution in [0.25, 0.3) is 0 Å². The van der Waals surface area contributed by atoms with E-state index < -0.39 is 0 Å². The van der Waals surface area contributed by atoms with Gasteiger partial charge in [0.1, 0.15) is 22.3 Å². The van der Waals surface area contributed by atoms with Gasteiger partial charge in [0.05, 0.1) is 27.9 Å². The van der Waals surface area contributed by atoms with Gasteiger partial charge in [0.15, 0.2) is 5.96 Å². The zero-order valence-corrected chi connectivity index (χ0v) is 20.1. The first-order chi connectivity index (χ1) is 13.1. The largest absolute Gasteiger partial charge is 0.496 e. The average Bonchev–Trinajstić information content (AvgIpc) is 3.10. The Labute approximate surface area is 187 Å². The molecule has 0 amide bonds. The summed E-state index contributed by atoms with van der Waals surface area (Å²) in [6.07, 6.45) is 2.59. The predicted molar refractivity (Wildman–Crippen MR) is 125 cm³/mol. The SMILES string of the molecule is CCNC(=NCc1ncc(C)s1)NCCc1c(OC)cc(OC)cc1OC.I. The number of hydrogen-bond acceptors (Lipinski definition) is 6. The molecule has 0 unspecified atom stereocenters. The Morgan fingerprint density at radius 3 is 2.29 bits per heavy atom. The Balaban J connectivity index is 0.00000392. The van der Waals surface area contributed by atoms with Gasteiger partial charge in [-0.05, 0) is 20.3 Å². The zero-order chi connectivity index (χ0) is 19.6. The maximum Gasteiger partial charge on any atom is 0.191 e.